The van der Waals surface area contributed by atoms with Crippen LogP contribution in [-0.4, -0.2) is 11.6 Å². The molecule has 30 heavy (non-hydrogen) atoms. The molecule has 0 bridgehead atoms. The topological polar surface area (TPSA) is 41.5 Å². The van der Waals surface area contributed by atoms with Gasteiger partial charge in [-0.2, -0.15) is 5.10 Å². The van der Waals surface area contributed by atoms with Gasteiger partial charge in [0, 0.05) is 5.41 Å². The fourth-order valence-electron chi connectivity index (χ4n) is 4.25. The number of hydrogen-bond donors (Lipinski definition) is 1. The maximum absolute atomic E-state index is 13.0. The molecule has 0 unspecified atom stereocenters. The van der Waals surface area contributed by atoms with E-state index in [0.29, 0.717) is 5.92 Å². The summed E-state index contributed by atoms with van der Waals surface area (Å²) in [5, 5.41) is 4.40. The van der Waals surface area contributed by atoms with Gasteiger partial charge in [0.15, 0.2) is 0 Å². The second-order valence-corrected chi connectivity index (χ2v) is 8.41. The Hall–Kier alpha value is -3.20. The van der Waals surface area contributed by atoms with Gasteiger partial charge in [-0.25, -0.2) is 5.43 Å². The summed E-state index contributed by atoms with van der Waals surface area (Å²) >= 11 is 0. The molecule has 1 atom stereocenters. The molecular formula is C27H28N2O. The fraction of sp³-hybridized carbons (Fsp3) is 0.259. The summed E-state index contributed by atoms with van der Waals surface area (Å²) in [7, 11) is 0. The molecular weight excluding hydrogens is 368 g/mol. The first-order chi connectivity index (χ1) is 14.5. The maximum atomic E-state index is 13.0. The number of nitrogens with zero attached hydrogens (tertiary/aromatic N) is 1. The van der Waals surface area contributed by atoms with Crippen molar-refractivity contribution in [3.63, 3.8) is 0 Å². The lowest BCUT2D eigenvalue weighted by Gasteiger charge is -2.18. The second-order valence-electron chi connectivity index (χ2n) is 8.41. The smallest absolute Gasteiger partial charge is 0.244 e. The highest BCUT2D eigenvalue weighted by atomic mass is 16.2. The average molecular weight is 397 g/mol. The Kier molecular flexibility index (Phi) is 5.54. The second kappa shape index (κ2) is 8.27. The molecule has 1 aliphatic carbocycles. The zero-order chi connectivity index (χ0) is 21.1. The SMILES string of the molecule is CC(=NNC(=O)[C@@H]1CC1(c1ccccc1)c1ccccc1)c1ccc(C(C)C)cc1. The van der Waals surface area contributed by atoms with E-state index < -0.39 is 0 Å². The monoisotopic (exact) mass is 396 g/mol. The van der Waals surface area contributed by atoms with Crippen LogP contribution in [0.5, 0.6) is 0 Å². The average Bonchev–Trinajstić information content (AvgIpc) is 3.56. The van der Waals surface area contributed by atoms with Crippen molar-refractivity contribution in [1.29, 1.82) is 0 Å². The molecule has 1 N–H and O–H groups in total. The molecule has 4 rings (SSSR count). The van der Waals surface area contributed by atoms with Gasteiger partial charge < -0.3 is 0 Å². The molecule has 1 aliphatic rings. The van der Waals surface area contributed by atoms with Gasteiger partial charge in [0.25, 0.3) is 0 Å². The molecule has 0 radical (unpaired) electrons. The van der Waals surface area contributed by atoms with Crippen molar-refractivity contribution in [3.8, 4) is 0 Å². The third-order valence-electron chi connectivity index (χ3n) is 6.18. The Bertz CT molecular complexity index is 998. The van der Waals surface area contributed by atoms with Crippen LogP contribution in [0.25, 0.3) is 0 Å². The lowest BCUT2D eigenvalue weighted by molar-refractivity contribution is -0.122. The number of benzene rings is 3. The molecule has 0 saturated heterocycles. The third kappa shape index (κ3) is 3.80. The number of amides is 1. The van der Waals surface area contributed by atoms with E-state index in [1.54, 1.807) is 0 Å². The summed E-state index contributed by atoms with van der Waals surface area (Å²) in [6.07, 6.45) is 0.796. The summed E-state index contributed by atoms with van der Waals surface area (Å²) in [5.41, 5.74) is 8.04. The van der Waals surface area contributed by atoms with E-state index in [2.05, 4.69) is 72.9 Å². The zero-order valence-corrected chi connectivity index (χ0v) is 17.8. The van der Waals surface area contributed by atoms with E-state index in [4.69, 9.17) is 0 Å². The lowest BCUT2D eigenvalue weighted by Crippen LogP contribution is -2.26. The molecule has 3 aromatic carbocycles. The highest BCUT2D eigenvalue weighted by Gasteiger charge is 2.60. The van der Waals surface area contributed by atoms with E-state index in [0.717, 1.165) is 17.7 Å². The molecule has 1 fully saturated rings. The Labute approximate surface area is 178 Å². The summed E-state index contributed by atoms with van der Waals surface area (Å²) in [4.78, 5) is 13.0. The van der Waals surface area contributed by atoms with Gasteiger partial charge in [-0.3, -0.25) is 4.79 Å². The summed E-state index contributed by atoms with van der Waals surface area (Å²) < 4.78 is 0. The predicted molar refractivity (Wildman–Crippen MR) is 123 cm³/mol. The fourth-order valence-corrected chi connectivity index (χ4v) is 4.25. The van der Waals surface area contributed by atoms with Crippen LogP contribution >= 0.6 is 0 Å². The van der Waals surface area contributed by atoms with Crippen molar-refractivity contribution < 1.29 is 4.79 Å². The number of rotatable bonds is 6. The van der Waals surface area contributed by atoms with Crippen molar-refractivity contribution in [2.45, 2.75) is 38.5 Å². The van der Waals surface area contributed by atoms with Gasteiger partial charge in [-0.05, 0) is 41.5 Å². The van der Waals surface area contributed by atoms with Crippen LogP contribution < -0.4 is 5.43 Å². The highest BCUT2D eigenvalue weighted by Crippen LogP contribution is 2.58. The number of hydrogen-bond acceptors (Lipinski definition) is 2. The molecule has 152 valence electrons. The van der Waals surface area contributed by atoms with Crippen LogP contribution in [0.3, 0.4) is 0 Å². The summed E-state index contributed by atoms with van der Waals surface area (Å²) in [6.45, 7) is 6.29. The van der Waals surface area contributed by atoms with Crippen LogP contribution in [0.4, 0.5) is 0 Å². The van der Waals surface area contributed by atoms with Gasteiger partial charge in [-0.1, -0.05) is 98.8 Å². The van der Waals surface area contributed by atoms with Gasteiger partial charge >= 0.3 is 0 Å². The molecule has 1 amide bonds. The van der Waals surface area contributed by atoms with Crippen molar-refractivity contribution in [2.24, 2.45) is 11.0 Å². The molecule has 0 aromatic heterocycles. The number of hydrazone groups is 1. The maximum Gasteiger partial charge on any atom is 0.244 e. The highest BCUT2D eigenvalue weighted by molar-refractivity contribution is 5.99. The number of carbonyl (C=O) groups is 1. The van der Waals surface area contributed by atoms with E-state index in [1.165, 1.54) is 16.7 Å². The zero-order valence-electron chi connectivity index (χ0n) is 17.8. The molecule has 0 heterocycles. The minimum absolute atomic E-state index is 0.0270. The van der Waals surface area contributed by atoms with Crippen LogP contribution in [0.15, 0.2) is 90.0 Å². The van der Waals surface area contributed by atoms with Crippen LogP contribution in [0, 0.1) is 5.92 Å². The van der Waals surface area contributed by atoms with E-state index >= 15 is 0 Å². The van der Waals surface area contributed by atoms with Crippen molar-refractivity contribution >= 4 is 11.6 Å². The molecule has 3 heteroatoms. The summed E-state index contributed by atoms with van der Waals surface area (Å²) in [6, 6.07) is 29.0. The largest absolute Gasteiger partial charge is 0.273 e. The molecule has 0 aliphatic heterocycles. The van der Waals surface area contributed by atoms with Gasteiger partial charge in [0.2, 0.25) is 5.91 Å². The number of carbonyl (C=O) groups excluding carboxylic acids is 1. The van der Waals surface area contributed by atoms with Crippen molar-refractivity contribution in [3.05, 3.63) is 107 Å². The Morgan fingerprint density at radius 2 is 1.43 bits per heavy atom. The molecule has 3 aromatic rings. The first kappa shape index (κ1) is 20.1. The molecule has 0 spiro atoms. The normalized spacial score (nSPS) is 17.6. The van der Waals surface area contributed by atoms with Crippen molar-refractivity contribution in [2.75, 3.05) is 0 Å². The molecule has 3 nitrogen and oxygen atoms in total. The quantitative estimate of drug-likeness (QED) is 0.424. The minimum Gasteiger partial charge on any atom is -0.273 e. The van der Waals surface area contributed by atoms with Crippen LogP contribution in [-0.2, 0) is 10.2 Å². The van der Waals surface area contributed by atoms with E-state index in [-0.39, 0.29) is 17.2 Å². The third-order valence-corrected chi connectivity index (χ3v) is 6.18. The minimum atomic E-state index is -0.269. The standard InChI is InChI=1S/C27H28N2O/c1-19(2)21-14-16-22(17-15-21)20(3)28-29-26(30)25-18-27(25,23-10-6-4-7-11-23)24-12-8-5-9-13-24/h4-17,19,25H,18H2,1-3H3,(H,29,30)/t25-/m0/s1. The van der Waals surface area contributed by atoms with Gasteiger partial charge in [0.1, 0.15) is 0 Å². The van der Waals surface area contributed by atoms with E-state index in [1.807, 2.05) is 43.3 Å². The Morgan fingerprint density at radius 1 is 0.900 bits per heavy atom. The van der Waals surface area contributed by atoms with Crippen molar-refractivity contribution in [1.82, 2.24) is 5.43 Å². The Balaban J connectivity index is 1.53. The van der Waals surface area contributed by atoms with Crippen LogP contribution in [0.2, 0.25) is 0 Å². The summed E-state index contributed by atoms with van der Waals surface area (Å²) in [5.74, 6) is 0.345. The first-order valence-electron chi connectivity index (χ1n) is 10.6. The van der Waals surface area contributed by atoms with Gasteiger partial charge in [0.05, 0.1) is 11.6 Å². The Morgan fingerprint density at radius 3 is 1.93 bits per heavy atom. The van der Waals surface area contributed by atoms with E-state index in [9.17, 15) is 4.79 Å². The predicted octanol–water partition coefficient (Wildman–Crippen LogP) is 5.66. The molecule has 1 saturated carbocycles. The van der Waals surface area contributed by atoms with Gasteiger partial charge in [-0.15, -0.1) is 0 Å². The lowest BCUT2D eigenvalue weighted by atomic mass is 9.85. The number of nitrogens with one attached hydrogen (secondary N) is 1. The van der Waals surface area contributed by atoms with Crippen LogP contribution in [0.1, 0.15) is 55.4 Å². The first-order valence-corrected chi connectivity index (χ1v) is 10.6.